The Bertz CT molecular complexity index is 486. The molecule has 1 aromatic carbocycles. The summed E-state index contributed by atoms with van der Waals surface area (Å²) < 4.78 is 5.53. The summed E-state index contributed by atoms with van der Waals surface area (Å²) in [5, 5.41) is 6.28. The van der Waals surface area contributed by atoms with Crippen LogP contribution in [0.25, 0.3) is 0 Å². The summed E-state index contributed by atoms with van der Waals surface area (Å²) in [5.74, 6) is 1.54. The number of amides is 1. The van der Waals surface area contributed by atoms with Gasteiger partial charge in [-0.05, 0) is 29.5 Å². The van der Waals surface area contributed by atoms with Gasteiger partial charge in [0.05, 0.1) is 13.2 Å². The number of carbonyl (C=O) groups excluding carboxylic acids is 1. The fourth-order valence-corrected chi connectivity index (χ4v) is 2.52. The van der Waals surface area contributed by atoms with Crippen LogP contribution in [-0.4, -0.2) is 25.6 Å². The molecule has 0 aliphatic carbocycles. The number of hydrogen-bond acceptors (Lipinski definition) is 3. The van der Waals surface area contributed by atoms with Crippen molar-refractivity contribution in [2.45, 2.75) is 39.7 Å². The van der Waals surface area contributed by atoms with E-state index in [2.05, 4.69) is 43.5 Å². The highest BCUT2D eigenvalue weighted by molar-refractivity contribution is 5.78. The van der Waals surface area contributed by atoms with E-state index >= 15 is 0 Å². The Morgan fingerprint density at radius 1 is 1.38 bits per heavy atom. The molecule has 1 amide bonds. The van der Waals surface area contributed by atoms with E-state index in [0.29, 0.717) is 12.5 Å². The number of carbonyl (C=O) groups is 1. The van der Waals surface area contributed by atoms with Crippen LogP contribution in [0.4, 0.5) is 0 Å². The highest BCUT2D eigenvalue weighted by atomic mass is 16.5. The van der Waals surface area contributed by atoms with E-state index in [-0.39, 0.29) is 11.9 Å². The molecule has 0 saturated carbocycles. The van der Waals surface area contributed by atoms with Gasteiger partial charge in [-0.3, -0.25) is 4.79 Å². The topological polar surface area (TPSA) is 50.4 Å². The van der Waals surface area contributed by atoms with Gasteiger partial charge in [0.25, 0.3) is 0 Å². The summed E-state index contributed by atoms with van der Waals surface area (Å²) in [6, 6.07) is 6.55. The number of hydrogen-bond donors (Lipinski definition) is 2. The first kappa shape index (κ1) is 15.8. The van der Waals surface area contributed by atoms with Crippen molar-refractivity contribution in [1.29, 1.82) is 0 Å². The maximum Gasteiger partial charge on any atom is 0.233 e. The van der Waals surface area contributed by atoms with Crippen LogP contribution >= 0.6 is 0 Å². The molecular formula is C17H26N2O2. The summed E-state index contributed by atoms with van der Waals surface area (Å²) in [7, 11) is 0. The smallest absolute Gasteiger partial charge is 0.233 e. The van der Waals surface area contributed by atoms with Gasteiger partial charge in [0.2, 0.25) is 5.91 Å². The molecule has 2 N–H and O–H groups in total. The minimum atomic E-state index is 0.0617. The van der Waals surface area contributed by atoms with Crippen molar-refractivity contribution in [2.75, 3.05) is 19.7 Å². The van der Waals surface area contributed by atoms with Crippen molar-refractivity contribution < 1.29 is 9.53 Å². The molecule has 1 aliphatic heterocycles. The van der Waals surface area contributed by atoms with Gasteiger partial charge in [0, 0.05) is 19.0 Å². The van der Waals surface area contributed by atoms with E-state index in [1.54, 1.807) is 0 Å². The first-order chi connectivity index (χ1) is 10.1. The second-order valence-corrected chi connectivity index (χ2v) is 6.01. The molecule has 1 aliphatic rings. The molecule has 116 valence electrons. The molecule has 1 aromatic rings. The second-order valence-electron chi connectivity index (χ2n) is 6.01. The van der Waals surface area contributed by atoms with Gasteiger partial charge in [0.1, 0.15) is 5.75 Å². The predicted octanol–water partition coefficient (Wildman–Crippen LogP) is 2.43. The number of ether oxygens (including phenoxy) is 1. The minimum absolute atomic E-state index is 0.0617. The summed E-state index contributed by atoms with van der Waals surface area (Å²) in [6.45, 7) is 8.19. The van der Waals surface area contributed by atoms with Crippen LogP contribution in [0.1, 0.15) is 44.4 Å². The average molecular weight is 290 g/mol. The first-order valence-corrected chi connectivity index (χ1v) is 7.85. The lowest BCUT2D eigenvalue weighted by Crippen LogP contribution is -2.37. The van der Waals surface area contributed by atoms with Gasteiger partial charge < -0.3 is 15.4 Å². The standard InChI is InChI=1S/C17H26N2O2/c1-4-15(18-11-17(20)19-10-12(2)3)13-5-6-16-14(9-13)7-8-21-16/h5-6,9,12,15,18H,4,7-8,10-11H2,1-3H3,(H,19,20). The van der Waals surface area contributed by atoms with Crippen LogP contribution in [0.15, 0.2) is 18.2 Å². The van der Waals surface area contributed by atoms with Crippen LogP contribution in [0, 0.1) is 5.92 Å². The lowest BCUT2D eigenvalue weighted by molar-refractivity contribution is -0.120. The van der Waals surface area contributed by atoms with Gasteiger partial charge in [-0.25, -0.2) is 0 Å². The van der Waals surface area contributed by atoms with Crippen LogP contribution in [0.2, 0.25) is 0 Å². The molecule has 4 heteroatoms. The van der Waals surface area contributed by atoms with Gasteiger partial charge in [-0.15, -0.1) is 0 Å². The fourth-order valence-electron chi connectivity index (χ4n) is 2.52. The van der Waals surface area contributed by atoms with Crippen molar-refractivity contribution in [3.05, 3.63) is 29.3 Å². The zero-order chi connectivity index (χ0) is 15.2. The molecule has 0 spiro atoms. The second kappa shape index (κ2) is 7.46. The highest BCUT2D eigenvalue weighted by Crippen LogP contribution is 2.28. The molecule has 21 heavy (non-hydrogen) atoms. The molecule has 0 saturated heterocycles. The van der Waals surface area contributed by atoms with Crippen molar-refractivity contribution in [3.63, 3.8) is 0 Å². The lowest BCUT2D eigenvalue weighted by atomic mass is 10.0. The van der Waals surface area contributed by atoms with Gasteiger partial charge >= 0.3 is 0 Å². The molecule has 0 bridgehead atoms. The van der Waals surface area contributed by atoms with Gasteiger partial charge in [-0.2, -0.15) is 0 Å². The summed E-state index contributed by atoms with van der Waals surface area (Å²) in [5.41, 5.74) is 2.51. The molecule has 1 heterocycles. The molecule has 4 nitrogen and oxygen atoms in total. The molecular weight excluding hydrogens is 264 g/mol. The zero-order valence-electron chi connectivity index (χ0n) is 13.2. The summed E-state index contributed by atoms with van der Waals surface area (Å²) >= 11 is 0. The quantitative estimate of drug-likeness (QED) is 0.811. The van der Waals surface area contributed by atoms with Gasteiger partial charge in [-0.1, -0.05) is 32.9 Å². The third-order valence-corrected chi connectivity index (χ3v) is 3.74. The molecule has 2 rings (SSSR count). The monoisotopic (exact) mass is 290 g/mol. The van der Waals surface area contributed by atoms with Crippen LogP contribution in [0.3, 0.4) is 0 Å². The summed E-state index contributed by atoms with van der Waals surface area (Å²) in [4.78, 5) is 11.8. The third kappa shape index (κ3) is 4.46. The Hall–Kier alpha value is -1.55. The Morgan fingerprint density at radius 2 is 2.19 bits per heavy atom. The molecule has 0 radical (unpaired) electrons. The fraction of sp³-hybridized carbons (Fsp3) is 0.588. The van der Waals surface area contributed by atoms with Crippen molar-refractivity contribution >= 4 is 5.91 Å². The Labute approximate surface area is 127 Å². The molecule has 1 unspecified atom stereocenters. The van der Waals surface area contributed by atoms with E-state index in [9.17, 15) is 4.79 Å². The van der Waals surface area contributed by atoms with E-state index in [1.165, 1.54) is 11.1 Å². The molecule has 0 aromatic heterocycles. The highest BCUT2D eigenvalue weighted by Gasteiger charge is 2.16. The Balaban J connectivity index is 1.89. The normalized spacial score (nSPS) is 14.7. The number of rotatable bonds is 7. The number of fused-ring (bicyclic) bond motifs is 1. The number of nitrogens with one attached hydrogen (secondary N) is 2. The maximum atomic E-state index is 11.8. The first-order valence-electron chi connectivity index (χ1n) is 7.85. The average Bonchev–Trinajstić information content (AvgIpc) is 2.93. The van der Waals surface area contributed by atoms with E-state index < -0.39 is 0 Å². The maximum absolute atomic E-state index is 11.8. The van der Waals surface area contributed by atoms with Crippen LogP contribution in [0.5, 0.6) is 5.75 Å². The number of benzene rings is 1. The summed E-state index contributed by atoms with van der Waals surface area (Å²) in [6.07, 6.45) is 1.94. The van der Waals surface area contributed by atoms with Crippen LogP contribution in [-0.2, 0) is 11.2 Å². The van der Waals surface area contributed by atoms with Crippen molar-refractivity contribution in [2.24, 2.45) is 5.92 Å². The molecule has 0 fully saturated rings. The predicted molar refractivity (Wildman–Crippen MR) is 84.5 cm³/mol. The molecule has 1 atom stereocenters. The van der Waals surface area contributed by atoms with Crippen molar-refractivity contribution in [3.8, 4) is 5.75 Å². The Morgan fingerprint density at radius 3 is 2.90 bits per heavy atom. The lowest BCUT2D eigenvalue weighted by Gasteiger charge is -2.18. The minimum Gasteiger partial charge on any atom is -0.493 e. The van der Waals surface area contributed by atoms with Crippen molar-refractivity contribution in [1.82, 2.24) is 10.6 Å². The van der Waals surface area contributed by atoms with E-state index in [1.807, 2.05) is 6.07 Å². The van der Waals surface area contributed by atoms with E-state index in [0.717, 1.165) is 31.7 Å². The van der Waals surface area contributed by atoms with Crippen LogP contribution < -0.4 is 15.4 Å². The third-order valence-electron chi connectivity index (χ3n) is 3.74. The Kier molecular flexibility index (Phi) is 5.62. The SMILES string of the molecule is CCC(NCC(=O)NCC(C)C)c1ccc2c(c1)CCO2. The van der Waals surface area contributed by atoms with E-state index in [4.69, 9.17) is 4.74 Å². The zero-order valence-corrected chi connectivity index (χ0v) is 13.2. The van der Waals surface area contributed by atoms with Gasteiger partial charge in [0.15, 0.2) is 0 Å². The largest absolute Gasteiger partial charge is 0.493 e.